The van der Waals surface area contributed by atoms with Gasteiger partial charge in [-0.2, -0.15) is 0 Å². The molecule has 0 saturated carbocycles. The van der Waals surface area contributed by atoms with Crippen LogP contribution in [0.4, 0.5) is 5.69 Å². The van der Waals surface area contributed by atoms with Crippen molar-refractivity contribution in [2.75, 3.05) is 0 Å². The number of rotatable bonds is 6. The minimum atomic E-state index is -0.362. The van der Waals surface area contributed by atoms with Crippen molar-refractivity contribution < 1.29 is 4.92 Å². The van der Waals surface area contributed by atoms with Crippen LogP contribution in [-0.4, -0.2) is 9.91 Å². The van der Waals surface area contributed by atoms with Gasteiger partial charge in [-0.3, -0.25) is 15.1 Å². The first-order valence-corrected chi connectivity index (χ1v) is 6.57. The highest BCUT2D eigenvalue weighted by molar-refractivity contribution is 5.35. The Labute approximate surface area is 117 Å². The molecule has 0 spiro atoms. The lowest BCUT2D eigenvalue weighted by Crippen LogP contribution is -2.20. The summed E-state index contributed by atoms with van der Waals surface area (Å²) in [6.07, 6.45) is 4.38. The molecule has 0 aliphatic rings. The number of non-ortho nitro benzene ring substituents is 1. The Morgan fingerprint density at radius 1 is 1.30 bits per heavy atom. The molecular weight excluding hydrogens is 254 g/mol. The molecule has 2 rings (SSSR count). The van der Waals surface area contributed by atoms with E-state index in [1.807, 2.05) is 18.2 Å². The van der Waals surface area contributed by atoms with Gasteiger partial charge in [0.25, 0.3) is 5.69 Å². The number of hydrogen-bond acceptors (Lipinski definition) is 4. The lowest BCUT2D eigenvalue weighted by molar-refractivity contribution is -0.384. The van der Waals surface area contributed by atoms with E-state index in [9.17, 15) is 10.1 Å². The molecule has 0 saturated heterocycles. The molecule has 104 valence electrons. The summed E-state index contributed by atoms with van der Waals surface area (Å²) in [6, 6.07) is 10.8. The summed E-state index contributed by atoms with van der Waals surface area (Å²) in [5.74, 6) is 0. The van der Waals surface area contributed by atoms with E-state index in [2.05, 4.69) is 17.2 Å². The van der Waals surface area contributed by atoms with Crippen LogP contribution in [0.15, 0.2) is 48.8 Å². The molecule has 1 unspecified atom stereocenters. The van der Waals surface area contributed by atoms with Crippen molar-refractivity contribution in [3.05, 3.63) is 70.0 Å². The third-order valence-electron chi connectivity index (χ3n) is 3.19. The highest BCUT2D eigenvalue weighted by Crippen LogP contribution is 2.21. The van der Waals surface area contributed by atoms with Gasteiger partial charge in [0.15, 0.2) is 0 Å². The zero-order valence-corrected chi connectivity index (χ0v) is 11.3. The predicted molar refractivity (Wildman–Crippen MR) is 77.2 cm³/mol. The highest BCUT2D eigenvalue weighted by atomic mass is 16.6. The van der Waals surface area contributed by atoms with E-state index in [0.717, 1.165) is 17.5 Å². The van der Waals surface area contributed by atoms with Crippen LogP contribution in [0.3, 0.4) is 0 Å². The maximum atomic E-state index is 10.8. The van der Waals surface area contributed by atoms with Gasteiger partial charge >= 0.3 is 0 Å². The van der Waals surface area contributed by atoms with E-state index < -0.39 is 0 Å². The van der Waals surface area contributed by atoms with Crippen molar-refractivity contribution >= 4 is 5.69 Å². The van der Waals surface area contributed by atoms with Gasteiger partial charge in [0, 0.05) is 37.1 Å². The number of nitro groups is 1. The molecule has 1 aromatic heterocycles. The van der Waals surface area contributed by atoms with Crippen molar-refractivity contribution in [1.29, 1.82) is 0 Å². The summed E-state index contributed by atoms with van der Waals surface area (Å²) < 4.78 is 0. The molecule has 0 radical (unpaired) electrons. The third kappa shape index (κ3) is 3.61. The lowest BCUT2D eigenvalue weighted by atomic mass is 10.0. The van der Waals surface area contributed by atoms with Crippen LogP contribution >= 0.6 is 0 Å². The second-order valence-corrected chi connectivity index (χ2v) is 4.55. The number of aromatic nitrogens is 1. The van der Waals surface area contributed by atoms with Gasteiger partial charge in [0.1, 0.15) is 0 Å². The van der Waals surface area contributed by atoms with Crippen LogP contribution in [0, 0.1) is 10.1 Å². The molecule has 0 aliphatic carbocycles. The van der Waals surface area contributed by atoms with E-state index in [1.165, 1.54) is 6.07 Å². The largest absolute Gasteiger partial charge is 0.306 e. The van der Waals surface area contributed by atoms with Crippen molar-refractivity contribution in [3.8, 4) is 0 Å². The number of benzene rings is 1. The van der Waals surface area contributed by atoms with Crippen LogP contribution in [0.25, 0.3) is 0 Å². The van der Waals surface area contributed by atoms with Gasteiger partial charge < -0.3 is 5.32 Å². The molecule has 0 aliphatic heterocycles. The number of nitrogens with zero attached hydrogens (tertiary/aromatic N) is 2. The van der Waals surface area contributed by atoms with Crippen molar-refractivity contribution in [3.63, 3.8) is 0 Å². The van der Waals surface area contributed by atoms with Crippen LogP contribution in [0.1, 0.15) is 30.5 Å². The summed E-state index contributed by atoms with van der Waals surface area (Å²) in [6.45, 7) is 2.77. The van der Waals surface area contributed by atoms with Crippen LogP contribution in [-0.2, 0) is 6.54 Å². The molecule has 1 aromatic carbocycles. The van der Waals surface area contributed by atoms with Crippen LogP contribution < -0.4 is 5.32 Å². The molecule has 1 atom stereocenters. The normalized spacial score (nSPS) is 12.1. The number of pyridine rings is 1. The Bertz CT molecular complexity index is 572. The smallest absolute Gasteiger partial charge is 0.269 e. The minimum Gasteiger partial charge on any atom is -0.306 e. The fourth-order valence-corrected chi connectivity index (χ4v) is 2.09. The third-order valence-corrected chi connectivity index (χ3v) is 3.19. The monoisotopic (exact) mass is 271 g/mol. The lowest BCUT2D eigenvalue weighted by Gasteiger charge is -2.17. The Morgan fingerprint density at radius 3 is 2.70 bits per heavy atom. The standard InChI is InChI=1S/C15H17N3O2/c1-2-15(17-11-12-6-8-16-9-7-12)13-4-3-5-14(10-13)18(19)20/h3-10,15,17H,2,11H2,1H3. The zero-order valence-electron chi connectivity index (χ0n) is 11.3. The van der Waals surface area contributed by atoms with Gasteiger partial charge in [0.05, 0.1) is 4.92 Å². The molecular formula is C15H17N3O2. The van der Waals surface area contributed by atoms with Crippen molar-refractivity contribution in [2.45, 2.75) is 25.9 Å². The Balaban J connectivity index is 2.08. The van der Waals surface area contributed by atoms with Gasteiger partial charge in [0.2, 0.25) is 0 Å². The molecule has 20 heavy (non-hydrogen) atoms. The summed E-state index contributed by atoms with van der Waals surface area (Å²) in [5.41, 5.74) is 2.21. The summed E-state index contributed by atoms with van der Waals surface area (Å²) in [5, 5.41) is 14.2. The first-order valence-electron chi connectivity index (χ1n) is 6.57. The molecule has 1 heterocycles. The highest BCUT2D eigenvalue weighted by Gasteiger charge is 2.12. The van der Waals surface area contributed by atoms with Gasteiger partial charge in [-0.1, -0.05) is 19.1 Å². The average molecular weight is 271 g/mol. The molecule has 0 fully saturated rings. The number of hydrogen-bond donors (Lipinski definition) is 1. The molecule has 2 aromatic rings. The molecule has 0 amide bonds. The van der Waals surface area contributed by atoms with E-state index in [0.29, 0.717) is 6.54 Å². The number of nitro benzene ring substituents is 1. The average Bonchev–Trinajstić information content (AvgIpc) is 2.49. The first kappa shape index (κ1) is 14.1. The SMILES string of the molecule is CCC(NCc1ccncc1)c1cccc([N+](=O)[O-])c1. The maximum absolute atomic E-state index is 10.8. The summed E-state index contributed by atoms with van der Waals surface area (Å²) >= 11 is 0. The Kier molecular flexibility index (Phi) is 4.79. The second-order valence-electron chi connectivity index (χ2n) is 4.55. The fourth-order valence-electron chi connectivity index (χ4n) is 2.09. The van der Waals surface area contributed by atoms with E-state index in [4.69, 9.17) is 0 Å². The quantitative estimate of drug-likeness (QED) is 0.647. The summed E-state index contributed by atoms with van der Waals surface area (Å²) in [4.78, 5) is 14.4. The van der Waals surface area contributed by atoms with Gasteiger partial charge in [-0.15, -0.1) is 0 Å². The van der Waals surface area contributed by atoms with E-state index in [-0.39, 0.29) is 16.7 Å². The first-order chi connectivity index (χ1) is 9.70. The topological polar surface area (TPSA) is 68.1 Å². The number of nitrogens with one attached hydrogen (secondary N) is 1. The minimum absolute atomic E-state index is 0.100. The van der Waals surface area contributed by atoms with Crippen molar-refractivity contribution in [2.24, 2.45) is 0 Å². The molecule has 5 nitrogen and oxygen atoms in total. The van der Waals surface area contributed by atoms with E-state index >= 15 is 0 Å². The second kappa shape index (κ2) is 6.77. The Hall–Kier alpha value is -2.27. The van der Waals surface area contributed by atoms with Crippen LogP contribution in [0.5, 0.6) is 0 Å². The molecule has 1 N–H and O–H groups in total. The molecule has 5 heteroatoms. The zero-order chi connectivity index (χ0) is 14.4. The Morgan fingerprint density at radius 2 is 2.05 bits per heavy atom. The fraction of sp³-hybridized carbons (Fsp3) is 0.267. The van der Waals surface area contributed by atoms with Crippen LogP contribution in [0.2, 0.25) is 0 Å². The molecule has 0 bridgehead atoms. The van der Waals surface area contributed by atoms with Gasteiger partial charge in [-0.05, 0) is 29.7 Å². The maximum Gasteiger partial charge on any atom is 0.269 e. The van der Waals surface area contributed by atoms with Gasteiger partial charge in [-0.25, -0.2) is 0 Å². The van der Waals surface area contributed by atoms with E-state index in [1.54, 1.807) is 24.5 Å². The predicted octanol–water partition coefficient (Wildman–Crippen LogP) is 3.23. The van der Waals surface area contributed by atoms with Crippen molar-refractivity contribution in [1.82, 2.24) is 10.3 Å². The summed E-state index contributed by atoms with van der Waals surface area (Å²) in [7, 11) is 0.